The minimum absolute atomic E-state index is 0.152. The molecule has 0 aromatic heterocycles. The van der Waals surface area contributed by atoms with Gasteiger partial charge in [-0.2, -0.15) is 0 Å². The highest BCUT2D eigenvalue weighted by atomic mass is 16.5. The first kappa shape index (κ1) is 20.2. The van der Waals surface area contributed by atoms with Crippen molar-refractivity contribution in [1.82, 2.24) is 9.80 Å². The van der Waals surface area contributed by atoms with E-state index in [1.54, 1.807) is 0 Å². The molecule has 3 N–H and O–H groups in total. The highest BCUT2D eigenvalue weighted by Crippen LogP contribution is 2.68. The van der Waals surface area contributed by atoms with Crippen LogP contribution in [0.1, 0.15) is 11.5 Å². The quantitative estimate of drug-likeness (QED) is 0.625. The predicted molar refractivity (Wildman–Crippen MR) is 101 cm³/mol. The Bertz CT molecular complexity index is 595. The van der Waals surface area contributed by atoms with Gasteiger partial charge in [-0.15, -0.1) is 0 Å². The minimum atomic E-state index is -0.343. The van der Waals surface area contributed by atoms with Crippen molar-refractivity contribution in [2.24, 2.45) is 11.3 Å². The fourth-order valence-electron chi connectivity index (χ4n) is 4.94. The van der Waals surface area contributed by atoms with Gasteiger partial charge in [-0.1, -0.05) is 30.3 Å². The number of hydrogen-bond donors (Lipinski definition) is 3. The van der Waals surface area contributed by atoms with E-state index in [0.717, 1.165) is 52.5 Å². The third-order valence-electron chi connectivity index (χ3n) is 6.30. The predicted octanol–water partition coefficient (Wildman–Crippen LogP) is 0.0882. The van der Waals surface area contributed by atoms with Gasteiger partial charge in [0.1, 0.15) is 0 Å². The Morgan fingerprint density at radius 2 is 1.78 bits per heavy atom. The molecule has 0 bridgehead atoms. The summed E-state index contributed by atoms with van der Waals surface area (Å²) in [5.74, 6) is 0.468. The Balaban J connectivity index is 0.000000659. The van der Waals surface area contributed by atoms with E-state index in [0.29, 0.717) is 0 Å². The van der Waals surface area contributed by atoms with Gasteiger partial charge in [0, 0.05) is 51.3 Å². The van der Waals surface area contributed by atoms with E-state index in [4.69, 9.17) is 14.6 Å². The molecule has 7 heteroatoms. The van der Waals surface area contributed by atoms with E-state index in [9.17, 15) is 10.2 Å². The lowest BCUT2D eigenvalue weighted by Crippen LogP contribution is -2.41. The molecule has 1 aliphatic carbocycles. The molecule has 0 unspecified atom stereocenters. The topological polar surface area (TPSA) is 93.5 Å². The molecule has 4 rings (SSSR count). The SMILES string of the molecule is O=CO.OC[C@@H]1[C@@H](c2ccccc2)[C@]12CN(CCN1CCOCC1)C[C@@H]2O. The second kappa shape index (κ2) is 9.12. The summed E-state index contributed by atoms with van der Waals surface area (Å²) in [7, 11) is 0. The minimum Gasteiger partial charge on any atom is -0.483 e. The molecule has 2 heterocycles. The molecule has 1 saturated carbocycles. The molecule has 1 spiro atoms. The van der Waals surface area contributed by atoms with E-state index < -0.39 is 0 Å². The van der Waals surface area contributed by atoms with Crippen LogP contribution in [-0.2, 0) is 9.53 Å². The van der Waals surface area contributed by atoms with Crippen molar-refractivity contribution in [3.05, 3.63) is 35.9 Å². The van der Waals surface area contributed by atoms with Gasteiger partial charge in [0.2, 0.25) is 0 Å². The molecular weight excluding hydrogens is 348 g/mol. The maximum absolute atomic E-state index is 10.8. The molecule has 7 nitrogen and oxygen atoms in total. The van der Waals surface area contributed by atoms with Crippen LogP contribution >= 0.6 is 0 Å². The monoisotopic (exact) mass is 378 g/mol. The zero-order chi connectivity index (χ0) is 19.3. The van der Waals surface area contributed by atoms with Gasteiger partial charge in [-0.25, -0.2) is 0 Å². The fourth-order valence-corrected chi connectivity index (χ4v) is 4.94. The highest BCUT2D eigenvalue weighted by molar-refractivity contribution is 5.36. The second-order valence-corrected chi connectivity index (χ2v) is 7.60. The van der Waals surface area contributed by atoms with Crippen LogP contribution in [0.4, 0.5) is 0 Å². The molecule has 1 aromatic rings. The Kier molecular flexibility index (Phi) is 6.83. The van der Waals surface area contributed by atoms with Crippen molar-refractivity contribution < 1.29 is 24.9 Å². The van der Waals surface area contributed by atoms with E-state index in [2.05, 4.69) is 21.9 Å². The van der Waals surface area contributed by atoms with Crippen LogP contribution in [0.3, 0.4) is 0 Å². The van der Waals surface area contributed by atoms with Crippen molar-refractivity contribution in [3.8, 4) is 0 Å². The van der Waals surface area contributed by atoms with Crippen LogP contribution in [0.25, 0.3) is 0 Å². The van der Waals surface area contributed by atoms with Crippen LogP contribution in [0, 0.1) is 11.3 Å². The number of aliphatic hydroxyl groups is 2. The number of hydrogen-bond acceptors (Lipinski definition) is 6. The van der Waals surface area contributed by atoms with Gasteiger partial charge < -0.3 is 20.1 Å². The molecule has 2 saturated heterocycles. The van der Waals surface area contributed by atoms with Gasteiger partial charge in [-0.3, -0.25) is 14.6 Å². The maximum Gasteiger partial charge on any atom is 0.290 e. The van der Waals surface area contributed by atoms with Gasteiger partial charge in [-0.05, 0) is 17.4 Å². The molecule has 1 aromatic carbocycles. The summed E-state index contributed by atoms with van der Waals surface area (Å²) in [4.78, 5) is 13.2. The molecule has 0 amide bonds. The molecule has 2 aliphatic heterocycles. The largest absolute Gasteiger partial charge is 0.483 e. The summed E-state index contributed by atoms with van der Waals surface area (Å²) in [6.07, 6.45) is -0.343. The van der Waals surface area contributed by atoms with Gasteiger partial charge >= 0.3 is 0 Å². The van der Waals surface area contributed by atoms with Crippen LogP contribution in [0.15, 0.2) is 30.3 Å². The summed E-state index contributed by atoms with van der Waals surface area (Å²) in [6, 6.07) is 10.4. The summed E-state index contributed by atoms with van der Waals surface area (Å²) in [5.41, 5.74) is 1.10. The number of carbonyl (C=O) groups is 1. The fraction of sp³-hybridized carbons (Fsp3) is 0.650. The van der Waals surface area contributed by atoms with Crippen molar-refractivity contribution in [3.63, 3.8) is 0 Å². The standard InChI is InChI=1S/C19H28N2O3.CH2O2/c22-13-16-18(15-4-2-1-3-5-15)19(16)14-21(12-17(19)23)7-6-20-8-10-24-11-9-20;2-1-3/h1-5,16-18,22-23H,6-14H2;1H,(H,2,3)/t16-,17+,18-,19-;/m1./s1. The number of rotatable bonds is 5. The lowest BCUT2D eigenvalue weighted by atomic mass is 9.95. The summed E-state index contributed by atoms with van der Waals surface area (Å²) in [6.45, 7) is 7.22. The molecule has 3 fully saturated rings. The molecular formula is C20H30N2O5. The zero-order valence-electron chi connectivity index (χ0n) is 15.6. The van der Waals surface area contributed by atoms with Crippen LogP contribution in [0.5, 0.6) is 0 Å². The van der Waals surface area contributed by atoms with Crippen molar-refractivity contribution in [2.45, 2.75) is 12.0 Å². The zero-order valence-corrected chi connectivity index (χ0v) is 15.6. The Morgan fingerprint density at radius 3 is 2.41 bits per heavy atom. The molecule has 150 valence electrons. The second-order valence-electron chi connectivity index (χ2n) is 7.60. The lowest BCUT2D eigenvalue weighted by Gasteiger charge is -2.28. The Hall–Kier alpha value is -1.51. The van der Waals surface area contributed by atoms with Crippen molar-refractivity contribution in [1.29, 1.82) is 0 Å². The molecule has 3 aliphatic rings. The normalized spacial score (nSPS) is 33.5. The number of β-amino-alcohol motifs (C(OH)–C–C–N with tert-alkyl or cyclic N) is 1. The third-order valence-corrected chi connectivity index (χ3v) is 6.30. The average Bonchev–Trinajstić information content (AvgIpc) is 3.24. The Labute approximate surface area is 160 Å². The summed E-state index contributed by atoms with van der Waals surface area (Å²) >= 11 is 0. The molecule has 4 atom stereocenters. The van der Waals surface area contributed by atoms with E-state index in [1.165, 1.54) is 5.56 Å². The van der Waals surface area contributed by atoms with Gasteiger partial charge in [0.25, 0.3) is 6.47 Å². The first-order valence-electron chi connectivity index (χ1n) is 9.61. The number of carboxylic acid groups (broad SMARTS) is 1. The van der Waals surface area contributed by atoms with Crippen LogP contribution in [-0.4, -0.2) is 96.8 Å². The van der Waals surface area contributed by atoms with Crippen LogP contribution in [0.2, 0.25) is 0 Å². The third kappa shape index (κ3) is 4.17. The smallest absolute Gasteiger partial charge is 0.290 e. The van der Waals surface area contributed by atoms with Gasteiger partial charge in [0.05, 0.1) is 19.3 Å². The van der Waals surface area contributed by atoms with E-state index in [1.807, 2.05) is 18.2 Å². The number of nitrogens with zero attached hydrogens (tertiary/aromatic N) is 2. The first-order valence-corrected chi connectivity index (χ1v) is 9.61. The number of ether oxygens (including phenoxy) is 1. The van der Waals surface area contributed by atoms with Crippen molar-refractivity contribution >= 4 is 6.47 Å². The number of likely N-dealkylation sites (tertiary alicyclic amines) is 1. The van der Waals surface area contributed by atoms with E-state index >= 15 is 0 Å². The van der Waals surface area contributed by atoms with Crippen molar-refractivity contribution in [2.75, 3.05) is 59.1 Å². The highest BCUT2D eigenvalue weighted by Gasteiger charge is 2.70. The first-order chi connectivity index (χ1) is 13.2. The van der Waals surface area contributed by atoms with Gasteiger partial charge in [0.15, 0.2) is 0 Å². The van der Waals surface area contributed by atoms with Crippen LogP contribution < -0.4 is 0 Å². The molecule has 0 radical (unpaired) electrons. The molecule has 27 heavy (non-hydrogen) atoms. The average molecular weight is 378 g/mol. The number of benzene rings is 1. The number of morpholine rings is 1. The summed E-state index contributed by atoms with van der Waals surface area (Å²) in [5, 5.41) is 27.5. The maximum atomic E-state index is 10.8. The number of aliphatic hydroxyl groups excluding tert-OH is 2. The van der Waals surface area contributed by atoms with E-state index in [-0.39, 0.29) is 36.4 Å². The lowest BCUT2D eigenvalue weighted by molar-refractivity contribution is -0.122. The Morgan fingerprint density at radius 1 is 1.15 bits per heavy atom. The summed E-state index contributed by atoms with van der Waals surface area (Å²) < 4.78 is 5.40.